The Labute approximate surface area is 123 Å². The highest BCUT2D eigenvalue weighted by atomic mass is 16.5. The second kappa shape index (κ2) is 5.91. The van der Waals surface area contributed by atoms with Gasteiger partial charge in [-0.15, -0.1) is 0 Å². The van der Waals surface area contributed by atoms with Crippen molar-refractivity contribution in [1.82, 2.24) is 4.98 Å². The largest absolute Gasteiger partial charge is 0.497 e. The molecule has 5 heteroatoms. The van der Waals surface area contributed by atoms with Crippen molar-refractivity contribution in [2.24, 2.45) is 0 Å². The maximum Gasteiger partial charge on any atom is 0.237 e. The average molecular weight is 286 g/mol. The van der Waals surface area contributed by atoms with Crippen LogP contribution in [0.4, 0.5) is 5.69 Å². The molecule has 1 unspecified atom stereocenters. The van der Waals surface area contributed by atoms with E-state index in [1.165, 1.54) is 0 Å². The van der Waals surface area contributed by atoms with Crippen LogP contribution in [0.5, 0.6) is 17.4 Å². The fraction of sp³-hybridized carbons (Fsp3) is 0.312. The summed E-state index contributed by atoms with van der Waals surface area (Å²) in [6, 6.07) is 9.85. The van der Waals surface area contributed by atoms with Gasteiger partial charge in [0, 0.05) is 18.2 Å². The molecule has 1 N–H and O–H groups in total. The standard InChI is InChI=1S/C16H18N2O3/c1-19-11-5-6-15-12(10-11)13(7-9-21-15)18-14-4-3-8-17-16(14)20-2/h3-6,8,10,13,18H,7,9H2,1-2H3. The molecule has 1 aromatic carbocycles. The monoisotopic (exact) mass is 286 g/mol. The molecule has 21 heavy (non-hydrogen) atoms. The molecule has 1 aromatic heterocycles. The third-order valence-corrected chi connectivity index (χ3v) is 3.55. The summed E-state index contributed by atoms with van der Waals surface area (Å²) < 4.78 is 16.3. The molecular weight excluding hydrogens is 268 g/mol. The van der Waals surface area contributed by atoms with E-state index < -0.39 is 0 Å². The van der Waals surface area contributed by atoms with E-state index in [0.717, 1.165) is 29.2 Å². The van der Waals surface area contributed by atoms with Gasteiger partial charge < -0.3 is 19.5 Å². The molecule has 3 rings (SSSR count). The van der Waals surface area contributed by atoms with Gasteiger partial charge in [-0.3, -0.25) is 0 Å². The van der Waals surface area contributed by atoms with Crippen molar-refractivity contribution in [2.45, 2.75) is 12.5 Å². The highest BCUT2D eigenvalue weighted by Crippen LogP contribution is 2.37. The zero-order valence-corrected chi connectivity index (χ0v) is 12.1. The first-order valence-corrected chi connectivity index (χ1v) is 6.88. The Morgan fingerprint density at radius 1 is 1.24 bits per heavy atom. The number of anilines is 1. The van der Waals surface area contributed by atoms with Crippen LogP contribution >= 0.6 is 0 Å². The van der Waals surface area contributed by atoms with E-state index in [-0.39, 0.29) is 6.04 Å². The minimum absolute atomic E-state index is 0.141. The Bertz CT molecular complexity index is 631. The molecule has 1 atom stereocenters. The third kappa shape index (κ3) is 2.72. The van der Waals surface area contributed by atoms with Gasteiger partial charge in [0.25, 0.3) is 0 Å². The molecule has 0 saturated carbocycles. The van der Waals surface area contributed by atoms with E-state index in [2.05, 4.69) is 10.3 Å². The number of hydrogen-bond donors (Lipinski definition) is 1. The van der Waals surface area contributed by atoms with Crippen LogP contribution in [0.25, 0.3) is 0 Å². The summed E-state index contributed by atoms with van der Waals surface area (Å²) in [4.78, 5) is 4.21. The number of nitrogens with zero attached hydrogens (tertiary/aromatic N) is 1. The number of benzene rings is 1. The van der Waals surface area contributed by atoms with Gasteiger partial charge in [0.1, 0.15) is 11.5 Å². The lowest BCUT2D eigenvalue weighted by atomic mass is 10.00. The zero-order chi connectivity index (χ0) is 14.7. The summed E-state index contributed by atoms with van der Waals surface area (Å²) in [6.07, 6.45) is 2.59. The van der Waals surface area contributed by atoms with Gasteiger partial charge in [0.2, 0.25) is 5.88 Å². The lowest BCUT2D eigenvalue weighted by molar-refractivity contribution is 0.273. The van der Waals surface area contributed by atoms with Crippen LogP contribution in [0.1, 0.15) is 18.0 Å². The van der Waals surface area contributed by atoms with Crippen molar-refractivity contribution in [1.29, 1.82) is 0 Å². The molecule has 0 saturated heterocycles. The van der Waals surface area contributed by atoms with E-state index >= 15 is 0 Å². The van der Waals surface area contributed by atoms with Gasteiger partial charge in [-0.25, -0.2) is 4.98 Å². The van der Waals surface area contributed by atoms with Crippen molar-refractivity contribution in [3.05, 3.63) is 42.1 Å². The van der Waals surface area contributed by atoms with Gasteiger partial charge >= 0.3 is 0 Å². The summed E-state index contributed by atoms with van der Waals surface area (Å²) in [5.41, 5.74) is 1.96. The van der Waals surface area contributed by atoms with E-state index in [4.69, 9.17) is 14.2 Å². The van der Waals surface area contributed by atoms with Crippen LogP contribution < -0.4 is 19.5 Å². The molecular formula is C16H18N2O3. The summed E-state index contributed by atoms with van der Waals surface area (Å²) in [5, 5.41) is 3.48. The fourth-order valence-corrected chi connectivity index (χ4v) is 2.50. The Morgan fingerprint density at radius 3 is 2.95 bits per heavy atom. The van der Waals surface area contributed by atoms with Crippen LogP contribution in [0.2, 0.25) is 0 Å². The number of aromatic nitrogens is 1. The van der Waals surface area contributed by atoms with Gasteiger partial charge in [-0.05, 0) is 30.3 Å². The minimum Gasteiger partial charge on any atom is -0.497 e. The van der Waals surface area contributed by atoms with E-state index in [9.17, 15) is 0 Å². The quantitative estimate of drug-likeness (QED) is 0.936. The van der Waals surface area contributed by atoms with Crippen LogP contribution in [0.3, 0.4) is 0 Å². The molecule has 110 valence electrons. The summed E-state index contributed by atoms with van der Waals surface area (Å²) in [7, 11) is 3.28. The number of pyridine rings is 1. The first-order valence-electron chi connectivity index (χ1n) is 6.88. The van der Waals surface area contributed by atoms with E-state index in [0.29, 0.717) is 12.5 Å². The summed E-state index contributed by atoms with van der Waals surface area (Å²) in [5.74, 6) is 2.31. The second-order valence-corrected chi connectivity index (χ2v) is 4.80. The first-order chi connectivity index (χ1) is 10.3. The Balaban J connectivity index is 1.91. The van der Waals surface area contributed by atoms with Crippen molar-refractivity contribution < 1.29 is 14.2 Å². The number of nitrogens with one attached hydrogen (secondary N) is 1. The summed E-state index contributed by atoms with van der Waals surface area (Å²) in [6.45, 7) is 0.680. The van der Waals surface area contributed by atoms with Crippen LogP contribution in [0, 0.1) is 0 Å². The van der Waals surface area contributed by atoms with Crippen molar-refractivity contribution >= 4 is 5.69 Å². The van der Waals surface area contributed by atoms with E-state index in [1.807, 2.05) is 30.3 Å². The lowest BCUT2D eigenvalue weighted by Gasteiger charge is -2.28. The number of ether oxygens (including phenoxy) is 3. The fourth-order valence-electron chi connectivity index (χ4n) is 2.50. The van der Waals surface area contributed by atoms with E-state index in [1.54, 1.807) is 20.4 Å². The predicted octanol–water partition coefficient (Wildman–Crippen LogP) is 3.03. The molecule has 2 heterocycles. The average Bonchev–Trinajstić information content (AvgIpc) is 2.55. The molecule has 0 amide bonds. The van der Waals surface area contributed by atoms with Crippen molar-refractivity contribution in [3.8, 4) is 17.4 Å². The van der Waals surface area contributed by atoms with Crippen LogP contribution in [-0.4, -0.2) is 25.8 Å². The second-order valence-electron chi connectivity index (χ2n) is 4.80. The normalized spacial score (nSPS) is 16.6. The lowest BCUT2D eigenvalue weighted by Crippen LogP contribution is -2.20. The van der Waals surface area contributed by atoms with Gasteiger partial charge in [0.05, 0.1) is 32.6 Å². The topological polar surface area (TPSA) is 52.6 Å². The SMILES string of the molecule is COc1ccc2c(c1)C(Nc1cccnc1OC)CCO2. The predicted molar refractivity (Wildman–Crippen MR) is 80.3 cm³/mol. The first kappa shape index (κ1) is 13.5. The molecule has 0 aliphatic carbocycles. The number of hydrogen-bond acceptors (Lipinski definition) is 5. The van der Waals surface area contributed by atoms with Gasteiger partial charge in [-0.1, -0.05) is 0 Å². The van der Waals surface area contributed by atoms with Gasteiger partial charge in [0.15, 0.2) is 0 Å². The Hall–Kier alpha value is -2.43. The highest BCUT2D eigenvalue weighted by molar-refractivity contribution is 5.55. The molecule has 2 aromatic rings. The minimum atomic E-state index is 0.141. The molecule has 5 nitrogen and oxygen atoms in total. The Morgan fingerprint density at radius 2 is 2.14 bits per heavy atom. The molecule has 0 bridgehead atoms. The zero-order valence-electron chi connectivity index (χ0n) is 12.1. The third-order valence-electron chi connectivity index (χ3n) is 3.55. The smallest absolute Gasteiger partial charge is 0.237 e. The Kier molecular flexibility index (Phi) is 3.81. The van der Waals surface area contributed by atoms with Crippen LogP contribution in [-0.2, 0) is 0 Å². The number of fused-ring (bicyclic) bond motifs is 1. The number of rotatable bonds is 4. The maximum atomic E-state index is 5.71. The van der Waals surface area contributed by atoms with Crippen molar-refractivity contribution in [2.75, 3.05) is 26.1 Å². The van der Waals surface area contributed by atoms with Crippen molar-refractivity contribution in [3.63, 3.8) is 0 Å². The van der Waals surface area contributed by atoms with Crippen LogP contribution in [0.15, 0.2) is 36.5 Å². The molecule has 0 spiro atoms. The molecule has 1 aliphatic heterocycles. The number of methoxy groups -OCH3 is 2. The molecule has 0 fully saturated rings. The highest BCUT2D eigenvalue weighted by Gasteiger charge is 2.23. The molecule has 1 aliphatic rings. The maximum absolute atomic E-state index is 5.71. The molecule has 0 radical (unpaired) electrons. The summed E-state index contributed by atoms with van der Waals surface area (Å²) >= 11 is 0. The van der Waals surface area contributed by atoms with Gasteiger partial charge in [-0.2, -0.15) is 0 Å².